The summed E-state index contributed by atoms with van der Waals surface area (Å²) in [5, 5.41) is 12.5. The molecule has 1 aromatic rings. The lowest BCUT2D eigenvalue weighted by atomic mass is 9.77. The summed E-state index contributed by atoms with van der Waals surface area (Å²) in [5.41, 5.74) is -0.622. The SMILES string of the molecule is CC1CCCC(CO)(NC(=O)c2cccc(=O)[nH]2)C1. The fraction of sp³-hybridized carbons (Fsp3) is 0.571. The normalized spacial score (nSPS) is 26.9. The van der Waals surface area contributed by atoms with E-state index in [9.17, 15) is 14.7 Å². The second kappa shape index (κ2) is 5.57. The van der Waals surface area contributed by atoms with Gasteiger partial charge < -0.3 is 15.4 Å². The molecular weight excluding hydrogens is 244 g/mol. The predicted molar refractivity (Wildman–Crippen MR) is 72.0 cm³/mol. The summed E-state index contributed by atoms with van der Waals surface area (Å²) in [6.45, 7) is 2.06. The van der Waals surface area contributed by atoms with E-state index in [-0.39, 0.29) is 23.8 Å². The first-order valence-electron chi connectivity index (χ1n) is 6.67. The molecule has 1 aromatic heterocycles. The van der Waals surface area contributed by atoms with Crippen LogP contribution in [0.3, 0.4) is 0 Å². The van der Waals surface area contributed by atoms with Crippen molar-refractivity contribution >= 4 is 5.91 Å². The van der Waals surface area contributed by atoms with Gasteiger partial charge in [0.05, 0.1) is 12.1 Å². The number of aliphatic hydroxyl groups is 1. The van der Waals surface area contributed by atoms with Gasteiger partial charge in [-0.15, -0.1) is 0 Å². The molecule has 19 heavy (non-hydrogen) atoms. The number of amides is 1. The third-order valence-electron chi connectivity index (χ3n) is 3.79. The van der Waals surface area contributed by atoms with Gasteiger partial charge in [0.2, 0.25) is 5.56 Å². The molecule has 5 heteroatoms. The van der Waals surface area contributed by atoms with Crippen molar-refractivity contribution < 1.29 is 9.90 Å². The van der Waals surface area contributed by atoms with Crippen molar-refractivity contribution in [2.45, 2.75) is 38.1 Å². The molecule has 2 rings (SSSR count). The number of hydrogen-bond acceptors (Lipinski definition) is 3. The first-order chi connectivity index (χ1) is 9.04. The smallest absolute Gasteiger partial charge is 0.268 e. The first kappa shape index (κ1) is 13.8. The molecule has 1 aliphatic carbocycles. The van der Waals surface area contributed by atoms with Gasteiger partial charge in [0.15, 0.2) is 0 Å². The first-order valence-corrected chi connectivity index (χ1v) is 6.67. The lowest BCUT2D eigenvalue weighted by Crippen LogP contribution is -2.54. The van der Waals surface area contributed by atoms with Crippen molar-refractivity contribution in [2.75, 3.05) is 6.61 Å². The quantitative estimate of drug-likeness (QED) is 0.763. The van der Waals surface area contributed by atoms with Crippen molar-refractivity contribution in [3.05, 3.63) is 34.2 Å². The average Bonchev–Trinajstić information content (AvgIpc) is 2.38. The Hall–Kier alpha value is -1.62. The fourth-order valence-corrected chi connectivity index (χ4v) is 2.85. The monoisotopic (exact) mass is 264 g/mol. The van der Waals surface area contributed by atoms with Crippen LogP contribution >= 0.6 is 0 Å². The van der Waals surface area contributed by atoms with Gasteiger partial charge in [0.1, 0.15) is 5.69 Å². The van der Waals surface area contributed by atoms with Crippen molar-refractivity contribution in [1.29, 1.82) is 0 Å². The van der Waals surface area contributed by atoms with E-state index in [0.717, 1.165) is 25.7 Å². The molecule has 3 N–H and O–H groups in total. The number of H-pyrrole nitrogens is 1. The molecule has 1 aliphatic rings. The van der Waals surface area contributed by atoms with Gasteiger partial charge in [-0.25, -0.2) is 0 Å². The van der Waals surface area contributed by atoms with E-state index in [0.29, 0.717) is 5.92 Å². The van der Waals surface area contributed by atoms with E-state index < -0.39 is 5.54 Å². The summed E-state index contributed by atoms with van der Waals surface area (Å²) in [5.74, 6) is 0.150. The van der Waals surface area contributed by atoms with Gasteiger partial charge in [0.25, 0.3) is 5.91 Å². The number of aliphatic hydroxyl groups excluding tert-OH is 1. The van der Waals surface area contributed by atoms with Gasteiger partial charge in [-0.05, 0) is 24.8 Å². The van der Waals surface area contributed by atoms with Crippen LogP contribution in [-0.4, -0.2) is 28.1 Å². The summed E-state index contributed by atoms with van der Waals surface area (Å²) in [4.78, 5) is 25.8. The summed E-state index contributed by atoms with van der Waals surface area (Å²) < 4.78 is 0. The van der Waals surface area contributed by atoms with Gasteiger partial charge in [-0.2, -0.15) is 0 Å². The van der Waals surface area contributed by atoms with E-state index in [1.54, 1.807) is 12.1 Å². The Balaban J connectivity index is 2.14. The Kier molecular flexibility index (Phi) is 4.04. The van der Waals surface area contributed by atoms with Crippen LogP contribution in [0.25, 0.3) is 0 Å². The van der Waals surface area contributed by atoms with Gasteiger partial charge in [-0.3, -0.25) is 9.59 Å². The number of aromatic amines is 1. The molecule has 2 atom stereocenters. The second-order valence-corrected chi connectivity index (χ2v) is 5.52. The van der Waals surface area contributed by atoms with Crippen molar-refractivity contribution in [3.63, 3.8) is 0 Å². The van der Waals surface area contributed by atoms with E-state index in [4.69, 9.17) is 0 Å². The van der Waals surface area contributed by atoms with Crippen molar-refractivity contribution in [1.82, 2.24) is 10.3 Å². The van der Waals surface area contributed by atoms with E-state index in [1.165, 1.54) is 6.07 Å². The predicted octanol–water partition coefficient (Wildman–Crippen LogP) is 1.05. The number of aromatic nitrogens is 1. The van der Waals surface area contributed by atoms with Crippen LogP contribution < -0.4 is 10.9 Å². The molecule has 2 unspecified atom stereocenters. The lowest BCUT2D eigenvalue weighted by Gasteiger charge is -2.39. The third-order valence-corrected chi connectivity index (χ3v) is 3.79. The molecule has 1 amide bonds. The van der Waals surface area contributed by atoms with Crippen LogP contribution in [0.1, 0.15) is 43.1 Å². The van der Waals surface area contributed by atoms with Crippen LogP contribution in [0.4, 0.5) is 0 Å². The standard InChI is InChI=1S/C14H20N2O3/c1-10-4-3-7-14(8-10,9-17)16-13(19)11-5-2-6-12(18)15-11/h2,5-6,10,17H,3-4,7-9H2,1H3,(H,15,18)(H,16,19). The Morgan fingerprint density at radius 1 is 1.58 bits per heavy atom. The second-order valence-electron chi connectivity index (χ2n) is 5.52. The summed E-state index contributed by atoms with van der Waals surface area (Å²) in [6.07, 6.45) is 3.66. The largest absolute Gasteiger partial charge is 0.394 e. The molecule has 0 radical (unpaired) electrons. The minimum Gasteiger partial charge on any atom is -0.394 e. The van der Waals surface area contributed by atoms with E-state index in [1.807, 2.05) is 0 Å². The Morgan fingerprint density at radius 3 is 3.00 bits per heavy atom. The van der Waals surface area contributed by atoms with E-state index >= 15 is 0 Å². The Morgan fingerprint density at radius 2 is 2.37 bits per heavy atom. The molecule has 0 aromatic carbocycles. The third kappa shape index (κ3) is 3.23. The molecular formula is C14H20N2O3. The van der Waals surface area contributed by atoms with Gasteiger partial charge in [0, 0.05) is 6.07 Å². The number of pyridine rings is 1. The number of rotatable bonds is 3. The van der Waals surface area contributed by atoms with E-state index in [2.05, 4.69) is 17.2 Å². The molecule has 1 fully saturated rings. The molecule has 0 aliphatic heterocycles. The number of carbonyl (C=O) groups excluding carboxylic acids is 1. The zero-order valence-electron chi connectivity index (χ0n) is 11.1. The number of nitrogens with one attached hydrogen (secondary N) is 2. The highest BCUT2D eigenvalue weighted by Gasteiger charge is 2.36. The van der Waals surface area contributed by atoms with Crippen LogP contribution in [0, 0.1) is 5.92 Å². The molecule has 0 spiro atoms. The molecule has 1 saturated carbocycles. The van der Waals surface area contributed by atoms with Crippen LogP contribution in [0.15, 0.2) is 23.0 Å². The van der Waals surface area contributed by atoms with Gasteiger partial charge >= 0.3 is 0 Å². The highest BCUT2D eigenvalue weighted by Crippen LogP contribution is 2.32. The molecule has 5 nitrogen and oxygen atoms in total. The number of hydrogen-bond donors (Lipinski definition) is 3. The highest BCUT2D eigenvalue weighted by molar-refractivity contribution is 5.92. The minimum atomic E-state index is -0.554. The fourth-order valence-electron chi connectivity index (χ4n) is 2.85. The molecule has 0 bridgehead atoms. The van der Waals surface area contributed by atoms with Gasteiger partial charge in [-0.1, -0.05) is 25.8 Å². The molecule has 0 saturated heterocycles. The Labute approximate surface area is 112 Å². The van der Waals surface area contributed by atoms with Crippen molar-refractivity contribution in [3.8, 4) is 0 Å². The zero-order valence-corrected chi connectivity index (χ0v) is 11.1. The lowest BCUT2D eigenvalue weighted by molar-refractivity contribution is 0.0692. The molecule has 104 valence electrons. The average molecular weight is 264 g/mol. The van der Waals surface area contributed by atoms with Crippen molar-refractivity contribution in [2.24, 2.45) is 5.92 Å². The molecule has 1 heterocycles. The summed E-state index contributed by atoms with van der Waals surface area (Å²) >= 11 is 0. The summed E-state index contributed by atoms with van der Waals surface area (Å²) in [7, 11) is 0. The number of carbonyl (C=O) groups is 1. The zero-order chi connectivity index (χ0) is 13.9. The Bertz CT molecular complexity index is 511. The topological polar surface area (TPSA) is 82.2 Å². The maximum Gasteiger partial charge on any atom is 0.268 e. The van der Waals surface area contributed by atoms with Crippen LogP contribution in [0.5, 0.6) is 0 Å². The minimum absolute atomic E-state index is 0.0693. The maximum absolute atomic E-state index is 12.1. The highest BCUT2D eigenvalue weighted by atomic mass is 16.3. The maximum atomic E-state index is 12.1. The van der Waals surface area contributed by atoms with Crippen LogP contribution in [-0.2, 0) is 0 Å². The summed E-state index contributed by atoms with van der Waals surface area (Å²) in [6, 6.07) is 4.47. The van der Waals surface area contributed by atoms with Crippen LogP contribution in [0.2, 0.25) is 0 Å².